The molecule has 1 aromatic rings. The third kappa shape index (κ3) is 4.75. The van der Waals surface area contributed by atoms with Crippen LogP contribution in [0, 0.1) is 0 Å². The maximum Gasteiger partial charge on any atom is 0.308 e. The van der Waals surface area contributed by atoms with E-state index in [-0.39, 0.29) is 19.0 Å². The summed E-state index contributed by atoms with van der Waals surface area (Å²) in [7, 11) is 1.34. The summed E-state index contributed by atoms with van der Waals surface area (Å²) in [5.74, 6) is 0.779. The number of thiocarbonyl (C=S) groups is 1. The van der Waals surface area contributed by atoms with Crippen LogP contribution in [0.25, 0.3) is 0 Å². The van der Waals surface area contributed by atoms with Crippen LogP contribution in [0.2, 0.25) is 0 Å². The number of hydrogen-bond donors (Lipinski definition) is 1. The van der Waals surface area contributed by atoms with Crippen LogP contribution in [0.3, 0.4) is 0 Å². The lowest BCUT2D eigenvalue weighted by Gasteiger charge is -2.12. The Kier molecular flexibility index (Phi) is 6.08. The maximum absolute atomic E-state index is 11.0. The van der Waals surface area contributed by atoms with Gasteiger partial charge in [0.05, 0.1) is 26.7 Å². The molecule has 0 bridgehead atoms. The van der Waals surface area contributed by atoms with E-state index in [9.17, 15) is 4.79 Å². The van der Waals surface area contributed by atoms with Crippen molar-refractivity contribution in [1.82, 2.24) is 0 Å². The van der Waals surface area contributed by atoms with E-state index in [4.69, 9.17) is 27.4 Å². The largest absolute Gasteiger partial charge is 0.490 e. The molecule has 0 aliphatic heterocycles. The minimum atomic E-state index is -0.322. The Labute approximate surface area is 117 Å². The summed E-state index contributed by atoms with van der Waals surface area (Å²) in [5, 5.41) is 0. The van der Waals surface area contributed by atoms with Crippen molar-refractivity contribution >= 4 is 23.2 Å². The summed E-state index contributed by atoms with van der Waals surface area (Å²) in [6.07, 6.45) is 0.180. The zero-order chi connectivity index (χ0) is 14.3. The summed E-state index contributed by atoms with van der Waals surface area (Å²) in [5.41, 5.74) is 6.27. The van der Waals surface area contributed by atoms with Gasteiger partial charge in [-0.2, -0.15) is 0 Å². The summed E-state index contributed by atoms with van der Waals surface area (Å²) < 4.78 is 15.5. The number of carbonyl (C=O) groups excluding carboxylic acids is 1. The molecule has 0 unspecified atom stereocenters. The van der Waals surface area contributed by atoms with Gasteiger partial charge in [0, 0.05) is 5.56 Å². The fourth-order valence-electron chi connectivity index (χ4n) is 1.40. The number of methoxy groups -OCH3 is 1. The maximum atomic E-state index is 11.0. The normalized spacial score (nSPS) is 9.79. The van der Waals surface area contributed by atoms with E-state index in [1.807, 2.05) is 6.92 Å². The van der Waals surface area contributed by atoms with Crippen molar-refractivity contribution in [2.24, 2.45) is 5.73 Å². The van der Waals surface area contributed by atoms with Gasteiger partial charge in [-0.05, 0) is 25.1 Å². The van der Waals surface area contributed by atoms with E-state index < -0.39 is 0 Å². The molecular weight excluding hydrogens is 266 g/mol. The minimum Gasteiger partial charge on any atom is -0.490 e. The molecule has 19 heavy (non-hydrogen) atoms. The first-order valence-corrected chi connectivity index (χ1v) is 6.25. The summed E-state index contributed by atoms with van der Waals surface area (Å²) >= 11 is 4.91. The summed E-state index contributed by atoms with van der Waals surface area (Å²) in [6.45, 7) is 2.58. The lowest BCUT2D eigenvalue weighted by atomic mass is 10.2. The molecule has 6 heteroatoms. The van der Waals surface area contributed by atoms with E-state index in [0.29, 0.717) is 28.7 Å². The van der Waals surface area contributed by atoms with E-state index in [1.165, 1.54) is 7.11 Å². The number of nitrogens with two attached hydrogens (primary N) is 1. The number of esters is 1. The van der Waals surface area contributed by atoms with Crippen molar-refractivity contribution in [1.29, 1.82) is 0 Å². The van der Waals surface area contributed by atoms with Crippen LogP contribution in [0.15, 0.2) is 18.2 Å². The van der Waals surface area contributed by atoms with E-state index in [0.717, 1.165) is 0 Å². The molecule has 0 aliphatic carbocycles. The number of carbonyl (C=O) groups is 1. The molecule has 5 nitrogen and oxygen atoms in total. The Morgan fingerprint density at radius 3 is 2.63 bits per heavy atom. The molecule has 104 valence electrons. The second-order valence-electron chi connectivity index (χ2n) is 3.63. The van der Waals surface area contributed by atoms with Gasteiger partial charge >= 0.3 is 5.97 Å². The Hall–Kier alpha value is -1.82. The first kappa shape index (κ1) is 15.2. The Morgan fingerprint density at radius 1 is 1.32 bits per heavy atom. The van der Waals surface area contributed by atoms with Crippen molar-refractivity contribution in [3.8, 4) is 11.5 Å². The first-order valence-electron chi connectivity index (χ1n) is 5.84. The second-order valence-corrected chi connectivity index (χ2v) is 4.07. The van der Waals surface area contributed by atoms with Crippen LogP contribution in [0.1, 0.15) is 18.9 Å². The Bertz CT molecular complexity index is 462. The quantitative estimate of drug-likeness (QED) is 0.606. The molecule has 1 aromatic carbocycles. The molecule has 0 aliphatic rings. The third-order valence-corrected chi connectivity index (χ3v) is 2.56. The van der Waals surface area contributed by atoms with Crippen LogP contribution < -0.4 is 15.2 Å². The van der Waals surface area contributed by atoms with Gasteiger partial charge < -0.3 is 19.9 Å². The zero-order valence-electron chi connectivity index (χ0n) is 11.0. The molecule has 0 fully saturated rings. The SMILES string of the molecule is CCOc1cc(C(N)=S)ccc1OCCC(=O)OC. The fraction of sp³-hybridized carbons (Fsp3) is 0.385. The molecule has 0 radical (unpaired) electrons. The Morgan fingerprint density at radius 2 is 2.05 bits per heavy atom. The van der Waals surface area contributed by atoms with Crippen molar-refractivity contribution in [3.05, 3.63) is 23.8 Å². The molecule has 0 aromatic heterocycles. The van der Waals surface area contributed by atoms with Crippen molar-refractivity contribution in [3.63, 3.8) is 0 Å². The number of rotatable bonds is 7. The minimum absolute atomic E-state index is 0.180. The molecular formula is C13H17NO4S. The van der Waals surface area contributed by atoms with E-state index >= 15 is 0 Å². The van der Waals surface area contributed by atoms with Gasteiger partial charge in [-0.15, -0.1) is 0 Å². The predicted molar refractivity (Wildman–Crippen MR) is 75.6 cm³/mol. The second kappa shape index (κ2) is 7.58. The van der Waals surface area contributed by atoms with Crippen LogP contribution in [-0.4, -0.2) is 31.3 Å². The molecule has 0 amide bonds. The molecule has 0 saturated carbocycles. The van der Waals surface area contributed by atoms with Gasteiger partial charge in [0.25, 0.3) is 0 Å². The topological polar surface area (TPSA) is 70.8 Å². The third-order valence-electron chi connectivity index (χ3n) is 2.32. The van der Waals surface area contributed by atoms with Crippen LogP contribution in [-0.2, 0) is 9.53 Å². The van der Waals surface area contributed by atoms with Gasteiger partial charge in [-0.3, -0.25) is 4.79 Å². The average molecular weight is 283 g/mol. The average Bonchev–Trinajstić information content (AvgIpc) is 2.40. The van der Waals surface area contributed by atoms with Crippen LogP contribution in [0.5, 0.6) is 11.5 Å². The Balaban J connectivity index is 2.75. The standard InChI is InChI=1S/C13H17NO4S/c1-3-17-11-8-9(13(14)19)4-5-10(11)18-7-6-12(15)16-2/h4-5,8H,3,6-7H2,1-2H3,(H2,14,19). The number of hydrogen-bond acceptors (Lipinski definition) is 5. The lowest BCUT2D eigenvalue weighted by Crippen LogP contribution is -2.11. The van der Waals surface area contributed by atoms with E-state index in [1.54, 1.807) is 18.2 Å². The number of benzene rings is 1. The first-order chi connectivity index (χ1) is 9.08. The van der Waals surface area contributed by atoms with Gasteiger partial charge in [0.2, 0.25) is 0 Å². The predicted octanol–water partition coefficient (Wildman–Crippen LogP) is 1.66. The highest BCUT2D eigenvalue weighted by atomic mass is 32.1. The van der Waals surface area contributed by atoms with Gasteiger partial charge in [-0.1, -0.05) is 12.2 Å². The zero-order valence-corrected chi connectivity index (χ0v) is 11.8. The fourth-order valence-corrected chi connectivity index (χ4v) is 1.52. The molecule has 0 heterocycles. The highest BCUT2D eigenvalue weighted by Gasteiger charge is 2.09. The molecule has 0 atom stereocenters. The van der Waals surface area contributed by atoms with Crippen LogP contribution in [0.4, 0.5) is 0 Å². The van der Waals surface area contributed by atoms with Gasteiger partial charge in [-0.25, -0.2) is 0 Å². The molecule has 0 saturated heterocycles. The van der Waals surface area contributed by atoms with Gasteiger partial charge in [0.15, 0.2) is 11.5 Å². The van der Waals surface area contributed by atoms with Crippen molar-refractivity contribution < 1.29 is 19.0 Å². The molecule has 2 N–H and O–H groups in total. The van der Waals surface area contributed by atoms with Gasteiger partial charge in [0.1, 0.15) is 4.99 Å². The lowest BCUT2D eigenvalue weighted by molar-refractivity contribution is -0.141. The summed E-state index contributed by atoms with van der Waals surface area (Å²) in [4.78, 5) is 11.3. The smallest absolute Gasteiger partial charge is 0.308 e. The van der Waals surface area contributed by atoms with Crippen LogP contribution >= 0.6 is 12.2 Å². The highest BCUT2D eigenvalue weighted by molar-refractivity contribution is 7.80. The monoisotopic (exact) mass is 283 g/mol. The van der Waals surface area contributed by atoms with E-state index in [2.05, 4.69) is 4.74 Å². The molecule has 0 spiro atoms. The highest BCUT2D eigenvalue weighted by Crippen LogP contribution is 2.28. The van der Waals surface area contributed by atoms with Crippen molar-refractivity contribution in [2.45, 2.75) is 13.3 Å². The summed E-state index contributed by atoms with van der Waals surface area (Å²) in [6, 6.07) is 5.19. The van der Waals surface area contributed by atoms with Crippen molar-refractivity contribution in [2.75, 3.05) is 20.3 Å². The molecule has 1 rings (SSSR count). The number of ether oxygens (including phenoxy) is 3.